The number of aryl methyl sites for hydroxylation is 4. The van der Waals surface area contributed by atoms with Gasteiger partial charge in [-0.25, -0.2) is 4.79 Å². The fourth-order valence-electron chi connectivity index (χ4n) is 4.93. The Morgan fingerprint density at radius 3 is 2.12 bits per heavy atom. The second kappa shape index (κ2) is 13.2. The minimum Gasteiger partial charge on any atom is -0.444 e. The minimum atomic E-state index is -1.11. The number of ether oxygens (including phenoxy) is 1. The Balaban J connectivity index is 2.08. The van der Waals surface area contributed by atoms with Gasteiger partial charge >= 0.3 is 6.09 Å². The van der Waals surface area contributed by atoms with Crippen molar-refractivity contribution in [1.29, 1.82) is 0 Å². The number of para-hydroxylation sites is 1. The summed E-state index contributed by atoms with van der Waals surface area (Å²) in [5.41, 5.74) is 9.87. The number of primary amides is 1. The maximum absolute atomic E-state index is 14.4. The number of amides is 4. The molecule has 0 bridgehead atoms. The molecule has 222 valence electrons. The summed E-state index contributed by atoms with van der Waals surface area (Å²) >= 11 is 0. The number of anilines is 1. The molecule has 9 nitrogen and oxygen atoms in total. The zero-order valence-corrected chi connectivity index (χ0v) is 25.3. The fourth-order valence-corrected chi connectivity index (χ4v) is 4.93. The van der Waals surface area contributed by atoms with Gasteiger partial charge in [0.05, 0.1) is 0 Å². The van der Waals surface area contributed by atoms with Crippen LogP contribution in [0.15, 0.2) is 36.4 Å². The number of rotatable bonds is 10. The number of hydrogen-bond acceptors (Lipinski definition) is 5. The zero-order valence-electron chi connectivity index (χ0n) is 25.3. The van der Waals surface area contributed by atoms with Crippen LogP contribution >= 0.6 is 0 Å². The molecule has 2 aromatic rings. The molecule has 1 fully saturated rings. The van der Waals surface area contributed by atoms with Crippen molar-refractivity contribution in [3.05, 3.63) is 64.2 Å². The lowest BCUT2D eigenvalue weighted by Crippen LogP contribution is -2.57. The van der Waals surface area contributed by atoms with E-state index in [-0.39, 0.29) is 24.8 Å². The molecule has 0 spiro atoms. The van der Waals surface area contributed by atoms with Crippen LogP contribution in [0.25, 0.3) is 0 Å². The van der Waals surface area contributed by atoms with Crippen LogP contribution in [-0.2, 0) is 19.1 Å². The quantitative estimate of drug-likeness (QED) is 0.368. The summed E-state index contributed by atoms with van der Waals surface area (Å²) in [5.74, 6) is -1.40. The normalized spacial score (nSPS) is 14.8. The van der Waals surface area contributed by atoms with Crippen LogP contribution in [-0.4, -0.2) is 46.4 Å². The molecule has 2 unspecified atom stereocenters. The second-order valence-electron chi connectivity index (χ2n) is 12.0. The molecule has 2 aromatic carbocycles. The van der Waals surface area contributed by atoms with E-state index in [0.29, 0.717) is 11.3 Å². The molecule has 4 N–H and O–H groups in total. The van der Waals surface area contributed by atoms with Crippen LogP contribution in [0.2, 0.25) is 0 Å². The van der Waals surface area contributed by atoms with E-state index in [4.69, 9.17) is 10.5 Å². The van der Waals surface area contributed by atoms with Gasteiger partial charge < -0.3 is 26.0 Å². The molecule has 4 amide bonds. The molecule has 1 aliphatic carbocycles. The van der Waals surface area contributed by atoms with Gasteiger partial charge in [0.1, 0.15) is 17.7 Å². The van der Waals surface area contributed by atoms with Crippen molar-refractivity contribution in [2.24, 2.45) is 5.73 Å². The summed E-state index contributed by atoms with van der Waals surface area (Å²) in [6, 6.07) is 9.23. The van der Waals surface area contributed by atoms with Crippen molar-refractivity contribution in [3.63, 3.8) is 0 Å². The number of carbonyl (C=O) groups is 4. The van der Waals surface area contributed by atoms with Crippen LogP contribution in [0, 0.1) is 27.7 Å². The van der Waals surface area contributed by atoms with E-state index in [9.17, 15) is 19.2 Å². The first-order chi connectivity index (χ1) is 19.2. The van der Waals surface area contributed by atoms with Gasteiger partial charge in [0, 0.05) is 18.2 Å². The first kappa shape index (κ1) is 31.6. The van der Waals surface area contributed by atoms with E-state index in [1.807, 2.05) is 64.1 Å². The van der Waals surface area contributed by atoms with E-state index in [0.717, 1.165) is 41.5 Å². The van der Waals surface area contributed by atoms with E-state index in [2.05, 4.69) is 10.6 Å². The van der Waals surface area contributed by atoms with Crippen LogP contribution < -0.4 is 16.4 Å². The number of benzene rings is 2. The molecule has 1 saturated carbocycles. The summed E-state index contributed by atoms with van der Waals surface area (Å²) in [4.78, 5) is 54.6. The largest absolute Gasteiger partial charge is 0.444 e. The lowest BCUT2D eigenvalue weighted by molar-refractivity contribution is -0.146. The lowest BCUT2D eigenvalue weighted by atomic mass is 9.87. The minimum absolute atomic E-state index is 0.0191. The number of alkyl carbamates (subject to hydrolysis) is 1. The van der Waals surface area contributed by atoms with Gasteiger partial charge in [-0.1, -0.05) is 36.4 Å². The van der Waals surface area contributed by atoms with E-state index >= 15 is 0 Å². The number of carbonyl (C=O) groups excluding carboxylic acids is 4. The Bertz CT molecular complexity index is 1280. The lowest BCUT2D eigenvalue weighted by Gasteiger charge is -2.43. The Labute approximate surface area is 243 Å². The van der Waals surface area contributed by atoms with Gasteiger partial charge in [-0.15, -0.1) is 0 Å². The number of nitrogens with one attached hydrogen (secondary N) is 2. The molecule has 0 aromatic heterocycles. The highest BCUT2D eigenvalue weighted by atomic mass is 16.6. The number of nitrogens with zero attached hydrogens (tertiary/aromatic N) is 1. The Morgan fingerprint density at radius 2 is 1.61 bits per heavy atom. The van der Waals surface area contributed by atoms with E-state index in [1.54, 1.807) is 25.7 Å². The van der Waals surface area contributed by atoms with Crippen molar-refractivity contribution in [2.75, 3.05) is 5.32 Å². The summed E-state index contributed by atoms with van der Waals surface area (Å²) < 4.78 is 5.42. The first-order valence-electron chi connectivity index (χ1n) is 14.2. The highest BCUT2D eigenvalue weighted by Crippen LogP contribution is 2.35. The molecule has 3 rings (SSSR count). The molecule has 0 radical (unpaired) electrons. The third-order valence-electron chi connectivity index (χ3n) is 7.49. The van der Waals surface area contributed by atoms with Crippen molar-refractivity contribution in [1.82, 2.24) is 10.2 Å². The average Bonchev–Trinajstić information content (AvgIpc) is 2.83. The fraction of sp³-hybridized carbons (Fsp3) is 0.500. The first-order valence-corrected chi connectivity index (χ1v) is 14.2. The number of hydrogen-bond donors (Lipinski definition) is 3. The van der Waals surface area contributed by atoms with Crippen molar-refractivity contribution in [3.8, 4) is 0 Å². The zero-order chi connectivity index (χ0) is 30.5. The predicted octanol–water partition coefficient (Wildman–Crippen LogP) is 5.14. The average molecular weight is 565 g/mol. The highest BCUT2D eigenvalue weighted by molar-refractivity contribution is 6.00. The van der Waals surface area contributed by atoms with Gasteiger partial charge in [0.2, 0.25) is 11.8 Å². The smallest absolute Gasteiger partial charge is 0.408 e. The monoisotopic (exact) mass is 564 g/mol. The maximum Gasteiger partial charge on any atom is 0.408 e. The van der Waals surface area contributed by atoms with Crippen LogP contribution in [0.3, 0.4) is 0 Å². The topological polar surface area (TPSA) is 131 Å². The molecule has 0 heterocycles. The SMILES string of the molecule is Cc1ccc(C(C(=O)Nc2c(C)cccc2C)N(C(=O)C(CCC(N)=O)NC(=O)OC(C)(C)C)C2CCC2)cc1C. The van der Waals surface area contributed by atoms with Crippen molar-refractivity contribution >= 4 is 29.5 Å². The highest BCUT2D eigenvalue weighted by Gasteiger charge is 2.42. The molecule has 1 aliphatic rings. The van der Waals surface area contributed by atoms with Gasteiger partial charge in [-0.2, -0.15) is 0 Å². The van der Waals surface area contributed by atoms with Gasteiger partial charge in [-0.3, -0.25) is 14.4 Å². The van der Waals surface area contributed by atoms with Crippen LogP contribution in [0.1, 0.15) is 86.7 Å². The molecule has 9 heteroatoms. The van der Waals surface area contributed by atoms with Crippen LogP contribution in [0.5, 0.6) is 0 Å². The van der Waals surface area contributed by atoms with Gasteiger partial charge in [-0.05, 0) is 102 Å². The third-order valence-corrected chi connectivity index (χ3v) is 7.49. The molecule has 2 atom stereocenters. The molecule has 0 saturated heterocycles. The second-order valence-corrected chi connectivity index (χ2v) is 12.0. The molecular weight excluding hydrogens is 520 g/mol. The summed E-state index contributed by atoms with van der Waals surface area (Å²) in [5, 5.41) is 5.75. The Hall–Kier alpha value is -3.88. The third kappa shape index (κ3) is 8.31. The van der Waals surface area contributed by atoms with Gasteiger partial charge in [0.25, 0.3) is 5.91 Å². The van der Waals surface area contributed by atoms with Crippen molar-refractivity contribution < 1.29 is 23.9 Å². The summed E-state index contributed by atoms with van der Waals surface area (Å²) in [7, 11) is 0. The van der Waals surface area contributed by atoms with Crippen molar-refractivity contribution in [2.45, 2.75) is 104 Å². The standard InChI is InChI=1S/C32H44N4O5/c1-19-14-15-23(18-22(19)4)28(29(38)35-27-20(2)10-8-11-21(27)3)36(24-12-9-13-24)30(39)25(16-17-26(33)37)34-31(40)41-32(5,6)7/h8,10-11,14-15,18,24-25,28H,9,12-13,16-17H2,1-7H3,(H2,33,37)(H,34,40)(H,35,38). The Morgan fingerprint density at radius 1 is 0.976 bits per heavy atom. The maximum atomic E-state index is 14.4. The van der Waals surface area contributed by atoms with Crippen LogP contribution in [0.4, 0.5) is 10.5 Å². The van der Waals surface area contributed by atoms with E-state index < -0.39 is 35.6 Å². The Kier molecular flexibility index (Phi) is 10.2. The molecule has 0 aliphatic heterocycles. The predicted molar refractivity (Wildman–Crippen MR) is 159 cm³/mol. The van der Waals surface area contributed by atoms with E-state index in [1.165, 1.54) is 0 Å². The summed E-state index contributed by atoms with van der Waals surface area (Å²) in [6.45, 7) is 13.0. The van der Waals surface area contributed by atoms with Gasteiger partial charge in [0.15, 0.2) is 0 Å². The summed E-state index contributed by atoms with van der Waals surface area (Å²) in [6.07, 6.45) is 1.44. The number of nitrogens with two attached hydrogens (primary N) is 1. The molecule has 41 heavy (non-hydrogen) atoms. The molecular formula is C32H44N4O5.